The van der Waals surface area contributed by atoms with E-state index in [-0.39, 0.29) is 18.0 Å². The second-order valence-electron chi connectivity index (χ2n) is 3.57. The smallest absolute Gasteiger partial charge is 0.331 e. The van der Waals surface area contributed by atoms with Crippen molar-refractivity contribution in [3.05, 3.63) is 12.2 Å². The molecule has 0 amide bonds. The summed E-state index contributed by atoms with van der Waals surface area (Å²) in [6, 6.07) is 0. The zero-order valence-corrected chi connectivity index (χ0v) is 7.90. The van der Waals surface area contributed by atoms with E-state index in [1.165, 1.54) is 6.08 Å². The number of aldehydes is 1. The molecule has 72 valence electrons. The molecular weight excluding hydrogens is 168 g/mol. The van der Waals surface area contributed by atoms with Crippen LogP contribution in [-0.2, 0) is 14.3 Å². The third-order valence-corrected chi connectivity index (χ3v) is 2.32. The number of carbonyl (C=O) groups is 2. The molecule has 0 aromatic carbocycles. The Labute approximate surface area is 77.8 Å². The molecule has 0 unspecified atom stereocenters. The average Bonchev–Trinajstić information content (AvgIpc) is 2.46. The van der Waals surface area contributed by atoms with Crippen molar-refractivity contribution in [1.29, 1.82) is 0 Å². The van der Waals surface area contributed by atoms with Crippen LogP contribution in [0.2, 0.25) is 0 Å². The number of esters is 1. The summed E-state index contributed by atoms with van der Waals surface area (Å²) in [5.41, 5.74) is 0. The van der Waals surface area contributed by atoms with E-state index in [2.05, 4.69) is 0 Å². The van der Waals surface area contributed by atoms with Crippen LogP contribution < -0.4 is 0 Å². The Morgan fingerprint density at radius 3 is 2.69 bits per heavy atom. The van der Waals surface area contributed by atoms with Gasteiger partial charge in [-0.15, -0.1) is 0 Å². The maximum absolute atomic E-state index is 10.8. The molecule has 13 heavy (non-hydrogen) atoms. The van der Waals surface area contributed by atoms with Gasteiger partial charge < -0.3 is 9.53 Å². The van der Waals surface area contributed by atoms with Crippen molar-refractivity contribution in [3.63, 3.8) is 0 Å². The van der Waals surface area contributed by atoms with E-state index in [9.17, 15) is 9.59 Å². The first-order chi connectivity index (χ1) is 6.15. The fourth-order valence-electron chi connectivity index (χ4n) is 1.51. The Bertz CT molecular complexity index is 230. The maximum atomic E-state index is 10.8. The third-order valence-electron chi connectivity index (χ3n) is 2.32. The van der Waals surface area contributed by atoms with E-state index in [0.717, 1.165) is 6.29 Å². The summed E-state index contributed by atoms with van der Waals surface area (Å²) in [5, 5.41) is 0. The Balaban J connectivity index is 2.60. The topological polar surface area (TPSA) is 43.4 Å². The zero-order chi connectivity index (χ0) is 9.84. The molecule has 3 nitrogen and oxygen atoms in total. The maximum Gasteiger partial charge on any atom is 0.331 e. The lowest BCUT2D eigenvalue weighted by Crippen LogP contribution is -2.25. The summed E-state index contributed by atoms with van der Waals surface area (Å²) in [7, 11) is 0. The predicted molar refractivity (Wildman–Crippen MR) is 48.0 cm³/mol. The third kappa shape index (κ3) is 2.41. The molecule has 0 N–H and O–H groups in total. The van der Waals surface area contributed by atoms with Gasteiger partial charge in [0.2, 0.25) is 0 Å². The molecule has 2 atom stereocenters. The summed E-state index contributed by atoms with van der Waals surface area (Å²) in [6.45, 7) is 4.04. The van der Waals surface area contributed by atoms with Crippen LogP contribution in [0.3, 0.4) is 0 Å². The molecule has 1 heterocycles. The van der Waals surface area contributed by atoms with Gasteiger partial charge in [-0.3, -0.25) is 0 Å². The lowest BCUT2D eigenvalue weighted by molar-refractivity contribution is -0.141. The van der Waals surface area contributed by atoms with Crippen molar-refractivity contribution in [1.82, 2.24) is 0 Å². The molecule has 0 saturated heterocycles. The molecule has 0 aliphatic carbocycles. The zero-order valence-electron chi connectivity index (χ0n) is 7.90. The van der Waals surface area contributed by atoms with E-state index in [0.29, 0.717) is 12.3 Å². The largest absolute Gasteiger partial charge is 0.455 e. The molecule has 0 bridgehead atoms. The van der Waals surface area contributed by atoms with Gasteiger partial charge in [-0.2, -0.15) is 0 Å². The van der Waals surface area contributed by atoms with Crippen LogP contribution in [0.5, 0.6) is 0 Å². The van der Waals surface area contributed by atoms with Crippen molar-refractivity contribution < 1.29 is 14.3 Å². The SMILES string of the molecule is CC(C)[C@H](CC=O)[C@H]1C=CC(=O)O1. The highest BCUT2D eigenvalue weighted by Crippen LogP contribution is 2.24. The summed E-state index contributed by atoms with van der Waals surface area (Å²) in [4.78, 5) is 21.2. The molecule has 0 aromatic heterocycles. The van der Waals surface area contributed by atoms with Crippen LogP contribution in [0.25, 0.3) is 0 Å². The minimum atomic E-state index is -0.304. The molecule has 3 heteroatoms. The number of carbonyl (C=O) groups excluding carboxylic acids is 2. The van der Waals surface area contributed by atoms with E-state index >= 15 is 0 Å². The van der Waals surface area contributed by atoms with E-state index in [1.807, 2.05) is 13.8 Å². The van der Waals surface area contributed by atoms with Crippen LogP contribution in [-0.4, -0.2) is 18.4 Å². The summed E-state index contributed by atoms with van der Waals surface area (Å²) in [6.07, 6.45) is 4.27. The Kier molecular flexibility index (Phi) is 3.23. The highest BCUT2D eigenvalue weighted by Gasteiger charge is 2.28. The number of ether oxygens (including phenoxy) is 1. The van der Waals surface area contributed by atoms with Crippen LogP contribution in [0.4, 0.5) is 0 Å². The van der Waals surface area contributed by atoms with Gasteiger partial charge in [-0.05, 0) is 12.0 Å². The standard InChI is InChI=1S/C10H14O3/c1-7(2)8(5-6-11)9-3-4-10(12)13-9/h3-4,6-9H,5H2,1-2H3/t8-,9+/m0/s1. The minimum Gasteiger partial charge on any atom is -0.455 e. The van der Waals surface area contributed by atoms with Crippen molar-refractivity contribution in [3.8, 4) is 0 Å². The van der Waals surface area contributed by atoms with Crippen molar-refractivity contribution >= 4 is 12.3 Å². The van der Waals surface area contributed by atoms with Gasteiger partial charge in [-0.25, -0.2) is 4.79 Å². The number of rotatable bonds is 4. The van der Waals surface area contributed by atoms with Gasteiger partial charge >= 0.3 is 5.97 Å². The average molecular weight is 182 g/mol. The molecule has 0 saturated carbocycles. The first kappa shape index (κ1) is 9.96. The highest BCUT2D eigenvalue weighted by molar-refractivity contribution is 5.84. The first-order valence-corrected chi connectivity index (χ1v) is 4.47. The van der Waals surface area contributed by atoms with Gasteiger partial charge in [0.05, 0.1) is 0 Å². The summed E-state index contributed by atoms with van der Waals surface area (Å²) in [5.74, 6) is 0.146. The van der Waals surface area contributed by atoms with Crippen LogP contribution in [0.1, 0.15) is 20.3 Å². The van der Waals surface area contributed by atoms with E-state index in [4.69, 9.17) is 4.74 Å². The minimum absolute atomic E-state index is 0.111. The summed E-state index contributed by atoms with van der Waals surface area (Å²) < 4.78 is 5.03. The Morgan fingerprint density at radius 2 is 2.31 bits per heavy atom. The molecular formula is C10H14O3. The summed E-state index contributed by atoms with van der Waals surface area (Å²) >= 11 is 0. The van der Waals surface area contributed by atoms with Gasteiger partial charge in [0.1, 0.15) is 12.4 Å². The van der Waals surface area contributed by atoms with Crippen molar-refractivity contribution in [2.24, 2.45) is 11.8 Å². The Hall–Kier alpha value is -1.12. The molecule has 0 radical (unpaired) electrons. The number of hydrogen-bond acceptors (Lipinski definition) is 3. The van der Waals surface area contributed by atoms with Gasteiger partial charge in [0.25, 0.3) is 0 Å². The lowest BCUT2D eigenvalue weighted by atomic mass is 9.88. The molecule has 1 aliphatic rings. The van der Waals surface area contributed by atoms with Crippen molar-refractivity contribution in [2.75, 3.05) is 0 Å². The number of cyclic esters (lactones) is 1. The molecule has 0 fully saturated rings. The fraction of sp³-hybridized carbons (Fsp3) is 0.600. The second kappa shape index (κ2) is 4.21. The Morgan fingerprint density at radius 1 is 1.62 bits per heavy atom. The predicted octanol–water partition coefficient (Wildman–Crippen LogP) is 1.33. The molecule has 0 aromatic rings. The van der Waals surface area contributed by atoms with E-state index < -0.39 is 0 Å². The van der Waals surface area contributed by atoms with E-state index in [1.54, 1.807) is 6.08 Å². The van der Waals surface area contributed by atoms with Gasteiger partial charge in [0, 0.05) is 18.4 Å². The van der Waals surface area contributed by atoms with Crippen LogP contribution >= 0.6 is 0 Å². The molecule has 1 rings (SSSR count). The normalized spacial score (nSPS) is 23.3. The monoisotopic (exact) mass is 182 g/mol. The quantitative estimate of drug-likeness (QED) is 0.486. The van der Waals surface area contributed by atoms with Gasteiger partial charge in [-0.1, -0.05) is 13.8 Å². The second-order valence-corrected chi connectivity index (χ2v) is 3.57. The highest BCUT2D eigenvalue weighted by atomic mass is 16.5. The first-order valence-electron chi connectivity index (χ1n) is 4.47. The van der Waals surface area contributed by atoms with Crippen LogP contribution in [0, 0.1) is 11.8 Å². The van der Waals surface area contributed by atoms with Gasteiger partial charge in [0.15, 0.2) is 0 Å². The lowest BCUT2D eigenvalue weighted by Gasteiger charge is -2.22. The van der Waals surface area contributed by atoms with Crippen LogP contribution in [0.15, 0.2) is 12.2 Å². The number of hydrogen-bond donors (Lipinski definition) is 0. The fourth-order valence-corrected chi connectivity index (χ4v) is 1.51. The molecule has 0 spiro atoms. The molecule has 1 aliphatic heterocycles. The van der Waals surface area contributed by atoms with Crippen molar-refractivity contribution in [2.45, 2.75) is 26.4 Å².